The third-order valence-electron chi connectivity index (χ3n) is 3.94. The van der Waals surface area contributed by atoms with Crippen LogP contribution in [-0.4, -0.2) is 83.8 Å². The number of urea groups is 1. The molecule has 0 aromatic rings. The summed E-state index contributed by atoms with van der Waals surface area (Å²) in [7, 11) is 2.86. The van der Waals surface area contributed by atoms with Crippen molar-refractivity contribution < 1.29 is 24.2 Å². The first-order valence-corrected chi connectivity index (χ1v) is 7.29. The Labute approximate surface area is 130 Å². The molecular weight excluding hydrogens is 290 g/mol. The van der Waals surface area contributed by atoms with Gasteiger partial charge in [-0.3, -0.25) is 0 Å². The Morgan fingerprint density at radius 3 is 2.27 bits per heavy atom. The lowest BCUT2D eigenvalue weighted by Gasteiger charge is -2.41. The highest BCUT2D eigenvalue weighted by atomic mass is 16.5. The number of rotatable bonds is 3. The Balaban J connectivity index is 2.79. The van der Waals surface area contributed by atoms with Gasteiger partial charge in [0.25, 0.3) is 0 Å². The minimum absolute atomic E-state index is 0.0841. The van der Waals surface area contributed by atoms with Crippen LogP contribution in [0.4, 0.5) is 9.59 Å². The molecule has 0 bridgehead atoms. The topological polar surface area (TPSA) is 90.4 Å². The molecule has 1 rings (SSSR count). The van der Waals surface area contributed by atoms with Crippen molar-refractivity contribution in [3.8, 4) is 0 Å². The number of carbonyl (C=O) groups excluding carboxylic acids is 2. The van der Waals surface area contributed by atoms with E-state index in [1.54, 1.807) is 18.9 Å². The number of carboxylic acid groups (broad SMARTS) is 1. The van der Waals surface area contributed by atoms with Gasteiger partial charge in [0, 0.05) is 32.7 Å². The first kappa shape index (κ1) is 18.1. The first-order chi connectivity index (χ1) is 10.2. The fourth-order valence-corrected chi connectivity index (χ4v) is 2.76. The molecule has 22 heavy (non-hydrogen) atoms. The van der Waals surface area contributed by atoms with Crippen LogP contribution in [0.1, 0.15) is 20.8 Å². The Kier molecular flexibility index (Phi) is 6.01. The molecule has 2 atom stereocenters. The van der Waals surface area contributed by atoms with E-state index in [1.807, 2.05) is 13.8 Å². The van der Waals surface area contributed by atoms with E-state index >= 15 is 0 Å². The quantitative estimate of drug-likeness (QED) is 0.782. The maximum absolute atomic E-state index is 12.6. The van der Waals surface area contributed by atoms with Gasteiger partial charge in [-0.15, -0.1) is 0 Å². The summed E-state index contributed by atoms with van der Waals surface area (Å²) >= 11 is 0. The summed E-state index contributed by atoms with van der Waals surface area (Å²) in [4.78, 5) is 39.7. The van der Waals surface area contributed by atoms with Crippen molar-refractivity contribution in [1.82, 2.24) is 14.7 Å². The third-order valence-corrected chi connectivity index (χ3v) is 3.94. The van der Waals surface area contributed by atoms with Crippen molar-refractivity contribution in [2.45, 2.75) is 32.9 Å². The SMILES string of the molecule is COC(=O)C(C(C)C)N(C)C(=O)N1CCN(C(=O)O)C(C)C1. The van der Waals surface area contributed by atoms with E-state index in [0.717, 1.165) is 0 Å². The number of amides is 3. The lowest BCUT2D eigenvalue weighted by atomic mass is 10.0. The van der Waals surface area contributed by atoms with Crippen LogP contribution in [0, 0.1) is 5.92 Å². The van der Waals surface area contributed by atoms with Crippen LogP contribution in [0.2, 0.25) is 0 Å². The zero-order valence-corrected chi connectivity index (χ0v) is 13.8. The fourth-order valence-electron chi connectivity index (χ4n) is 2.76. The number of carbonyl (C=O) groups is 3. The van der Waals surface area contributed by atoms with E-state index in [2.05, 4.69) is 0 Å². The molecule has 126 valence electrons. The van der Waals surface area contributed by atoms with E-state index < -0.39 is 18.1 Å². The maximum atomic E-state index is 12.6. The van der Waals surface area contributed by atoms with E-state index in [4.69, 9.17) is 9.84 Å². The van der Waals surface area contributed by atoms with Crippen molar-refractivity contribution in [2.24, 2.45) is 5.92 Å². The minimum Gasteiger partial charge on any atom is -0.467 e. The highest BCUT2D eigenvalue weighted by Gasteiger charge is 2.36. The molecular formula is C14H25N3O5. The lowest BCUT2D eigenvalue weighted by Crippen LogP contribution is -2.59. The number of methoxy groups -OCH3 is 1. The van der Waals surface area contributed by atoms with Gasteiger partial charge in [-0.25, -0.2) is 14.4 Å². The average molecular weight is 315 g/mol. The van der Waals surface area contributed by atoms with Gasteiger partial charge in [-0.1, -0.05) is 13.8 Å². The van der Waals surface area contributed by atoms with E-state index in [0.29, 0.717) is 13.1 Å². The molecule has 0 radical (unpaired) electrons. The van der Waals surface area contributed by atoms with Gasteiger partial charge in [0.1, 0.15) is 6.04 Å². The molecule has 1 fully saturated rings. The normalized spacial score (nSPS) is 19.8. The van der Waals surface area contributed by atoms with Crippen LogP contribution < -0.4 is 0 Å². The average Bonchev–Trinajstić information content (AvgIpc) is 2.45. The standard InChI is InChI=1S/C14H25N3O5/c1-9(2)11(12(18)22-5)15(4)13(19)16-6-7-17(14(20)21)10(3)8-16/h9-11H,6-8H2,1-5H3,(H,20,21). The summed E-state index contributed by atoms with van der Waals surface area (Å²) in [6.07, 6.45) is -0.984. The Morgan fingerprint density at radius 2 is 1.86 bits per heavy atom. The van der Waals surface area contributed by atoms with Crippen LogP contribution in [-0.2, 0) is 9.53 Å². The Hall–Kier alpha value is -1.99. The van der Waals surface area contributed by atoms with Crippen molar-refractivity contribution >= 4 is 18.1 Å². The zero-order valence-electron chi connectivity index (χ0n) is 13.8. The predicted molar refractivity (Wildman–Crippen MR) is 79.6 cm³/mol. The van der Waals surface area contributed by atoms with E-state index in [-0.39, 0.29) is 24.5 Å². The third kappa shape index (κ3) is 3.80. The molecule has 0 spiro atoms. The molecule has 0 aromatic carbocycles. The second-order valence-corrected chi connectivity index (χ2v) is 5.88. The van der Waals surface area contributed by atoms with Crippen molar-refractivity contribution in [3.05, 3.63) is 0 Å². The monoisotopic (exact) mass is 315 g/mol. The predicted octanol–water partition coefficient (Wildman–Crippen LogP) is 0.920. The molecule has 0 aliphatic carbocycles. The molecule has 1 aliphatic rings. The van der Waals surface area contributed by atoms with Gasteiger partial charge in [-0.05, 0) is 12.8 Å². The van der Waals surface area contributed by atoms with Crippen LogP contribution >= 0.6 is 0 Å². The van der Waals surface area contributed by atoms with Gasteiger partial charge < -0.3 is 24.5 Å². The van der Waals surface area contributed by atoms with Crippen molar-refractivity contribution in [3.63, 3.8) is 0 Å². The Morgan fingerprint density at radius 1 is 1.27 bits per heavy atom. The number of likely N-dealkylation sites (N-methyl/N-ethyl adjacent to an activating group) is 1. The number of piperazine rings is 1. The number of ether oxygens (including phenoxy) is 1. The largest absolute Gasteiger partial charge is 0.467 e. The van der Waals surface area contributed by atoms with Gasteiger partial charge in [0.2, 0.25) is 0 Å². The second kappa shape index (κ2) is 7.33. The summed E-state index contributed by atoms with van der Waals surface area (Å²) in [5.74, 6) is -0.540. The highest BCUT2D eigenvalue weighted by Crippen LogP contribution is 2.16. The van der Waals surface area contributed by atoms with Crippen molar-refractivity contribution in [1.29, 1.82) is 0 Å². The molecule has 0 aromatic heterocycles. The zero-order chi connectivity index (χ0) is 17.0. The fraction of sp³-hybridized carbons (Fsp3) is 0.786. The van der Waals surface area contributed by atoms with Crippen LogP contribution in [0.5, 0.6) is 0 Å². The lowest BCUT2D eigenvalue weighted by molar-refractivity contribution is -0.147. The van der Waals surface area contributed by atoms with E-state index in [9.17, 15) is 14.4 Å². The molecule has 1 N–H and O–H groups in total. The van der Waals surface area contributed by atoms with Gasteiger partial charge in [-0.2, -0.15) is 0 Å². The summed E-state index contributed by atoms with van der Waals surface area (Å²) in [6.45, 7) is 6.33. The molecule has 1 heterocycles. The smallest absolute Gasteiger partial charge is 0.407 e. The summed E-state index contributed by atoms with van der Waals surface area (Å²) in [5, 5.41) is 9.06. The Bertz CT molecular complexity index is 440. The van der Waals surface area contributed by atoms with Gasteiger partial charge in [0.15, 0.2) is 0 Å². The van der Waals surface area contributed by atoms with Crippen LogP contribution in [0.15, 0.2) is 0 Å². The van der Waals surface area contributed by atoms with Gasteiger partial charge >= 0.3 is 18.1 Å². The summed E-state index contributed by atoms with van der Waals surface area (Å²) in [5.41, 5.74) is 0. The van der Waals surface area contributed by atoms with Crippen molar-refractivity contribution in [2.75, 3.05) is 33.8 Å². The van der Waals surface area contributed by atoms with E-state index in [1.165, 1.54) is 16.9 Å². The highest BCUT2D eigenvalue weighted by molar-refractivity contribution is 5.84. The van der Waals surface area contributed by atoms with Crippen LogP contribution in [0.25, 0.3) is 0 Å². The molecule has 8 nitrogen and oxygen atoms in total. The number of nitrogens with zero attached hydrogens (tertiary/aromatic N) is 3. The maximum Gasteiger partial charge on any atom is 0.407 e. The molecule has 1 saturated heterocycles. The first-order valence-electron chi connectivity index (χ1n) is 7.29. The second-order valence-electron chi connectivity index (χ2n) is 5.88. The molecule has 2 unspecified atom stereocenters. The summed E-state index contributed by atoms with van der Waals surface area (Å²) in [6, 6.07) is -1.23. The van der Waals surface area contributed by atoms with Gasteiger partial charge in [0.05, 0.1) is 7.11 Å². The molecule has 1 aliphatic heterocycles. The molecule has 3 amide bonds. The molecule has 8 heteroatoms. The molecule has 0 saturated carbocycles. The minimum atomic E-state index is -0.984. The van der Waals surface area contributed by atoms with Crippen LogP contribution in [0.3, 0.4) is 0 Å². The number of esters is 1. The number of hydrogen-bond acceptors (Lipinski definition) is 4. The number of hydrogen-bond donors (Lipinski definition) is 1. The summed E-state index contributed by atoms with van der Waals surface area (Å²) < 4.78 is 4.76.